The molecule has 1 N–H and O–H groups in total. The van der Waals surface area contributed by atoms with Crippen LogP contribution in [0.15, 0.2) is 12.3 Å². The van der Waals surface area contributed by atoms with Crippen LogP contribution in [0.5, 0.6) is 0 Å². The lowest BCUT2D eigenvalue weighted by Gasteiger charge is -1.89. The number of nitrogens with zero attached hydrogens (tertiary/aromatic N) is 4. The maximum atomic E-state index is 10.4. The average Bonchev–Trinajstić information content (AvgIpc) is 2.58. The fourth-order valence-corrected chi connectivity index (χ4v) is 0.967. The molecule has 66 valence electrons. The van der Waals surface area contributed by atoms with Crippen molar-refractivity contribution in [3.8, 4) is 0 Å². The number of hydrogen-bond acceptors (Lipinski definition) is 5. The molecule has 0 atom stereocenters. The third kappa shape index (κ3) is 1.27. The predicted molar refractivity (Wildman–Crippen MR) is 42.1 cm³/mol. The molecule has 0 spiro atoms. The van der Waals surface area contributed by atoms with Gasteiger partial charge < -0.3 is 5.11 Å². The number of aldehydes is 1. The van der Waals surface area contributed by atoms with Crippen LogP contribution in [0.25, 0.3) is 5.78 Å². The summed E-state index contributed by atoms with van der Waals surface area (Å²) < 4.78 is 1.40. The van der Waals surface area contributed by atoms with Gasteiger partial charge in [0.1, 0.15) is 12.3 Å². The molecule has 0 saturated heterocycles. The lowest BCUT2D eigenvalue weighted by atomic mass is 10.4. The molecule has 0 aromatic carbocycles. The monoisotopic (exact) mass is 178 g/mol. The van der Waals surface area contributed by atoms with Crippen LogP contribution in [0.1, 0.15) is 16.3 Å². The highest BCUT2D eigenvalue weighted by Gasteiger charge is 2.03. The van der Waals surface area contributed by atoms with E-state index in [0.29, 0.717) is 17.8 Å². The highest BCUT2D eigenvalue weighted by atomic mass is 16.3. The molecule has 0 aliphatic heterocycles. The smallest absolute Gasteiger partial charge is 0.253 e. The first-order chi connectivity index (χ1) is 6.33. The normalized spacial score (nSPS) is 10.5. The maximum absolute atomic E-state index is 10.4. The van der Waals surface area contributed by atoms with Crippen molar-refractivity contribution in [2.24, 2.45) is 0 Å². The summed E-state index contributed by atoms with van der Waals surface area (Å²) in [5.41, 5.74) is 0.296. The number of aliphatic hydroxyl groups is 1. The van der Waals surface area contributed by atoms with Gasteiger partial charge >= 0.3 is 0 Å². The minimum absolute atomic E-state index is 0.236. The molecule has 0 radical (unpaired) electrons. The maximum Gasteiger partial charge on any atom is 0.253 e. The third-order valence-electron chi connectivity index (χ3n) is 1.53. The SMILES string of the molecule is O=Cc1ccn2nc(CO)nc2n1. The van der Waals surface area contributed by atoms with E-state index in [4.69, 9.17) is 5.11 Å². The molecule has 13 heavy (non-hydrogen) atoms. The Morgan fingerprint density at radius 3 is 3.08 bits per heavy atom. The number of aliphatic hydroxyl groups excluding tert-OH is 1. The van der Waals surface area contributed by atoms with Gasteiger partial charge in [-0.25, -0.2) is 9.50 Å². The van der Waals surface area contributed by atoms with Gasteiger partial charge in [0.25, 0.3) is 5.78 Å². The van der Waals surface area contributed by atoms with Gasteiger partial charge in [-0.15, -0.1) is 5.10 Å². The van der Waals surface area contributed by atoms with Crippen molar-refractivity contribution in [2.75, 3.05) is 0 Å². The second-order valence-corrected chi connectivity index (χ2v) is 2.40. The minimum atomic E-state index is -0.236. The second-order valence-electron chi connectivity index (χ2n) is 2.40. The zero-order valence-electron chi connectivity index (χ0n) is 6.58. The van der Waals surface area contributed by atoms with Crippen LogP contribution in [0.3, 0.4) is 0 Å². The van der Waals surface area contributed by atoms with Crippen molar-refractivity contribution in [1.29, 1.82) is 0 Å². The summed E-state index contributed by atoms with van der Waals surface area (Å²) in [6.07, 6.45) is 2.20. The summed E-state index contributed by atoms with van der Waals surface area (Å²) in [4.78, 5) is 18.1. The summed E-state index contributed by atoms with van der Waals surface area (Å²) in [6.45, 7) is -0.236. The molecule has 2 aromatic rings. The zero-order valence-corrected chi connectivity index (χ0v) is 6.58. The molecule has 0 aliphatic rings. The van der Waals surface area contributed by atoms with Crippen LogP contribution >= 0.6 is 0 Å². The van der Waals surface area contributed by atoms with E-state index in [0.717, 1.165) is 0 Å². The number of aromatic nitrogens is 4. The van der Waals surface area contributed by atoms with E-state index < -0.39 is 0 Å². The second kappa shape index (κ2) is 2.91. The first-order valence-corrected chi connectivity index (χ1v) is 3.62. The van der Waals surface area contributed by atoms with Gasteiger partial charge in [-0.3, -0.25) is 4.79 Å². The molecule has 2 heterocycles. The van der Waals surface area contributed by atoms with Gasteiger partial charge in [0.15, 0.2) is 12.1 Å². The van der Waals surface area contributed by atoms with Crippen LogP contribution in [0.2, 0.25) is 0 Å². The highest BCUT2D eigenvalue weighted by molar-refractivity contribution is 5.72. The van der Waals surface area contributed by atoms with Crippen molar-refractivity contribution in [3.05, 3.63) is 23.8 Å². The fourth-order valence-electron chi connectivity index (χ4n) is 0.967. The van der Waals surface area contributed by atoms with Gasteiger partial charge in [-0.05, 0) is 6.07 Å². The summed E-state index contributed by atoms with van der Waals surface area (Å²) in [7, 11) is 0. The molecular formula is C7H6N4O2. The van der Waals surface area contributed by atoms with Crippen molar-refractivity contribution in [1.82, 2.24) is 19.6 Å². The summed E-state index contributed by atoms with van der Waals surface area (Å²) >= 11 is 0. The molecule has 2 aromatic heterocycles. The Kier molecular flexibility index (Phi) is 1.75. The molecule has 2 rings (SSSR count). The van der Waals surface area contributed by atoms with Crippen LogP contribution < -0.4 is 0 Å². The van der Waals surface area contributed by atoms with E-state index >= 15 is 0 Å². The largest absolute Gasteiger partial charge is 0.388 e. The van der Waals surface area contributed by atoms with Gasteiger partial charge in [0.2, 0.25) is 0 Å². The summed E-state index contributed by atoms with van der Waals surface area (Å²) in [6, 6.07) is 1.52. The summed E-state index contributed by atoms with van der Waals surface area (Å²) in [5.74, 6) is 0.601. The van der Waals surface area contributed by atoms with Crippen molar-refractivity contribution < 1.29 is 9.90 Å². The first kappa shape index (κ1) is 7.81. The predicted octanol–water partition coefficient (Wildman–Crippen LogP) is -0.571. The molecule has 0 unspecified atom stereocenters. The Morgan fingerprint density at radius 2 is 2.38 bits per heavy atom. The molecule has 6 heteroatoms. The molecular weight excluding hydrogens is 172 g/mol. The number of carbonyl (C=O) groups is 1. The van der Waals surface area contributed by atoms with Gasteiger partial charge in [-0.1, -0.05) is 0 Å². The molecule has 0 saturated carbocycles. The topological polar surface area (TPSA) is 80.4 Å². The first-order valence-electron chi connectivity index (χ1n) is 3.62. The van der Waals surface area contributed by atoms with Crippen molar-refractivity contribution >= 4 is 12.1 Å². The van der Waals surface area contributed by atoms with E-state index in [1.165, 1.54) is 10.6 Å². The fraction of sp³-hybridized carbons (Fsp3) is 0.143. The molecule has 0 bridgehead atoms. The Morgan fingerprint density at radius 1 is 1.54 bits per heavy atom. The van der Waals surface area contributed by atoms with E-state index in [9.17, 15) is 4.79 Å². The van der Waals surface area contributed by atoms with Crippen LogP contribution in [0, 0.1) is 0 Å². The van der Waals surface area contributed by atoms with Crippen LogP contribution in [-0.2, 0) is 6.61 Å². The van der Waals surface area contributed by atoms with E-state index in [1.807, 2.05) is 0 Å². The Balaban J connectivity index is 2.63. The number of rotatable bonds is 2. The van der Waals surface area contributed by atoms with E-state index in [-0.39, 0.29) is 12.4 Å². The quantitative estimate of drug-likeness (QED) is 0.623. The van der Waals surface area contributed by atoms with E-state index in [1.54, 1.807) is 6.20 Å². The average molecular weight is 178 g/mol. The number of carbonyl (C=O) groups excluding carboxylic acids is 1. The highest BCUT2D eigenvalue weighted by Crippen LogP contribution is 1.98. The van der Waals surface area contributed by atoms with E-state index in [2.05, 4.69) is 15.1 Å². The van der Waals surface area contributed by atoms with Gasteiger partial charge in [0.05, 0.1) is 0 Å². The minimum Gasteiger partial charge on any atom is -0.388 e. The lowest BCUT2D eigenvalue weighted by Crippen LogP contribution is -1.93. The Labute approximate surface area is 72.9 Å². The number of fused-ring (bicyclic) bond motifs is 1. The standard InChI is InChI=1S/C7H6N4O2/c12-3-5-1-2-11-7(8-5)9-6(4-13)10-11/h1-3,13H,4H2. The lowest BCUT2D eigenvalue weighted by molar-refractivity contribution is 0.111. The Bertz CT molecular complexity index is 451. The summed E-state index contributed by atoms with van der Waals surface area (Å²) in [5, 5.41) is 12.6. The molecule has 0 fully saturated rings. The van der Waals surface area contributed by atoms with Crippen molar-refractivity contribution in [3.63, 3.8) is 0 Å². The van der Waals surface area contributed by atoms with Crippen LogP contribution in [0.4, 0.5) is 0 Å². The molecule has 0 amide bonds. The van der Waals surface area contributed by atoms with Crippen LogP contribution in [-0.4, -0.2) is 31.0 Å². The van der Waals surface area contributed by atoms with Gasteiger partial charge in [0, 0.05) is 6.20 Å². The molecule has 6 nitrogen and oxygen atoms in total. The zero-order chi connectivity index (χ0) is 9.26. The number of hydrogen-bond donors (Lipinski definition) is 1. The molecule has 0 aliphatic carbocycles. The van der Waals surface area contributed by atoms with Gasteiger partial charge in [-0.2, -0.15) is 4.98 Å². The van der Waals surface area contributed by atoms with Crippen molar-refractivity contribution in [2.45, 2.75) is 6.61 Å². The third-order valence-corrected chi connectivity index (χ3v) is 1.53. The Hall–Kier alpha value is -1.82.